The molecule has 24 nitrogen and oxygen atoms in total. The zero-order chi connectivity index (χ0) is 61.0. The van der Waals surface area contributed by atoms with Crippen LogP contribution < -0.4 is 39.8 Å². The van der Waals surface area contributed by atoms with Crippen LogP contribution in [0.15, 0.2) is 108 Å². The number of esters is 1. The molecule has 9 rings (SSSR count). The van der Waals surface area contributed by atoms with Crippen molar-refractivity contribution in [1.29, 1.82) is 0 Å². The molecule has 0 spiro atoms. The lowest BCUT2D eigenvalue weighted by Gasteiger charge is -2.31. The summed E-state index contributed by atoms with van der Waals surface area (Å²) < 4.78 is 34.9. The number of hydrogen-bond acceptors (Lipinski definition) is 17. The van der Waals surface area contributed by atoms with Gasteiger partial charge >= 0.3 is 12.1 Å². The molecule has 0 bridgehead atoms. The van der Waals surface area contributed by atoms with E-state index in [1.807, 2.05) is 0 Å². The number of nitrogens with one attached hydrogen (secondary N) is 3. The molecule has 2 fully saturated rings. The Morgan fingerprint density at radius 2 is 1.32 bits per heavy atom. The lowest BCUT2D eigenvalue weighted by molar-refractivity contribution is -0.137. The molecule has 0 radical (unpaired) electrons. The zero-order valence-corrected chi connectivity index (χ0v) is 47.6. The number of methoxy groups -OCH3 is 3. The van der Waals surface area contributed by atoms with Gasteiger partial charge in [0.15, 0.2) is 29.2 Å². The van der Waals surface area contributed by atoms with Crippen LogP contribution in [-0.4, -0.2) is 151 Å². The van der Waals surface area contributed by atoms with E-state index in [1.54, 1.807) is 79.6 Å². The highest BCUT2D eigenvalue weighted by Gasteiger charge is 2.46. The number of rotatable bonds is 20. The molecule has 0 saturated carbocycles. The summed E-state index contributed by atoms with van der Waals surface area (Å²) in [5, 5.41) is 20.0. The summed E-state index contributed by atoms with van der Waals surface area (Å²) in [4.78, 5) is 128. The van der Waals surface area contributed by atoms with Crippen LogP contribution in [0.2, 0.25) is 0 Å². The van der Waals surface area contributed by atoms with Crippen molar-refractivity contribution < 1.29 is 76.7 Å². The highest BCUT2D eigenvalue weighted by atomic mass is 16.6. The summed E-state index contributed by atoms with van der Waals surface area (Å²) in [5.74, 6) is -3.84. The largest absolute Gasteiger partial charge is 0.493 e. The van der Waals surface area contributed by atoms with Crippen molar-refractivity contribution in [3.05, 3.63) is 137 Å². The van der Waals surface area contributed by atoms with Crippen LogP contribution in [0.5, 0.6) is 23.0 Å². The van der Waals surface area contributed by atoms with E-state index in [9.17, 15) is 48.3 Å². The number of fused-ring (bicyclic) bond motifs is 4. The van der Waals surface area contributed by atoms with Crippen LogP contribution in [0, 0.1) is 5.92 Å². The van der Waals surface area contributed by atoms with Crippen LogP contribution in [0.1, 0.15) is 87.8 Å². The highest BCUT2D eigenvalue weighted by Crippen LogP contribution is 2.43. The number of benzene rings is 4. The summed E-state index contributed by atoms with van der Waals surface area (Å²) in [5.41, 5.74) is 4.29. The number of amides is 8. The number of carbonyl (C=O) groups excluding carboxylic acids is 9. The Bertz CT molecular complexity index is 3470. The van der Waals surface area contributed by atoms with Crippen molar-refractivity contribution in [1.82, 2.24) is 25.3 Å². The maximum atomic E-state index is 14.4. The van der Waals surface area contributed by atoms with E-state index in [-0.39, 0.29) is 97.7 Å². The Morgan fingerprint density at radius 1 is 0.706 bits per heavy atom. The minimum Gasteiger partial charge on any atom is -0.493 e. The SMILES string of the molecule is C=C1C[C@H]2C=Nc3cc(OCc4cc(COc5cc6c(cc5OC)C(=O)N5CC(=C)C[C@H]5[C@H](O)N6C(=O)OCc5ccc(NC(=O)C(C)NC(=O)C(NC(=O)CCN6C(=O)C=CC6=O)C(C)C)cc5)cc(C(=O)OC)c4)c(OC)cc3C(=O)N2C1. The Morgan fingerprint density at radius 3 is 1.95 bits per heavy atom. The molecular formula is C61H64N8O16. The Labute approximate surface area is 489 Å². The van der Waals surface area contributed by atoms with E-state index in [4.69, 9.17) is 28.4 Å². The molecular weight excluding hydrogens is 1100 g/mol. The summed E-state index contributed by atoms with van der Waals surface area (Å²) in [6.07, 6.45) is 1.88. The molecule has 4 aromatic carbocycles. The summed E-state index contributed by atoms with van der Waals surface area (Å²) >= 11 is 0. The predicted octanol–water partition coefficient (Wildman–Crippen LogP) is 5.28. The van der Waals surface area contributed by atoms with Crippen molar-refractivity contribution in [2.24, 2.45) is 10.9 Å². The number of hydrogen-bond donors (Lipinski definition) is 4. The average molecular weight is 1170 g/mol. The molecule has 5 heterocycles. The molecule has 0 aromatic heterocycles. The number of ether oxygens (including phenoxy) is 6. The van der Waals surface area contributed by atoms with E-state index in [2.05, 4.69) is 34.1 Å². The molecule has 5 atom stereocenters. The minimum atomic E-state index is -1.62. The standard InChI is InChI=1S/C61H64N8O16/c1-32(2)54(65-51(70)15-16-66-52(71)13-14-53(66)72)56(74)63-35(5)55(73)64-40-11-9-36(10-12-40)29-85-61(79)69-45-25-50(48(81-7)23-43(45)58(76)68-28-34(4)18-46(68)59(69)77)84-31-38-19-37(20-39(21-38)60(78)82-8)30-83-49-24-44-42(22-47(49)80-6)57(75)67-27-33(3)17-41(67)26-62-44/h9-14,19-26,32,35,41,46,54,59,77H,3-4,15-18,27-31H2,1-2,5-8H3,(H,63,74)(H,64,73)(H,65,70)/t35?,41-,46-,54?,59-/m0/s1. The van der Waals surface area contributed by atoms with E-state index >= 15 is 0 Å². The van der Waals surface area contributed by atoms with Crippen LogP contribution in [0.25, 0.3) is 0 Å². The van der Waals surface area contributed by atoms with Crippen molar-refractivity contribution >= 4 is 76.7 Å². The highest BCUT2D eigenvalue weighted by molar-refractivity contribution is 6.13. The van der Waals surface area contributed by atoms with E-state index < -0.39 is 71.9 Å². The van der Waals surface area contributed by atoms with Gasteiger partial charge in [0.2, 0.25) is 17.7 Å². The first-order valence-electron chi connectivity index (χ1n) is 27.2. The summed E-state index contributed by atoms with van der Waals surface area (Å²) in [6.45, 7) is 12.8. The van der Waals surface area contributed by atoms with Gasteiger partial charge in [0.05, 0.1) is 61.5 Å². The lowest BCUT2D eigenvalue weighted by atomic mass is 10.0. The summed E-state index contributed by atoms with van der Waals surface area (Å²) in [6, 6.07) is 14.0. The van der Waals surface area contributed by atoms with Gasteiger partial charge in [-0.2, -0.15) is 0 Å². The first kappa shape index (κ1) is 59.8. The average Bonchev–Trinajstić information content (AvgIpc) is 4.37. The zero-order valence-electron chi connectivity index (χ0n) is 47.6. The fourth-order valence-corrected chi connectivity index (χ4v) is 10.4. The molecule has 444 valence electrons. The van der Waals surface area contributed by atoms with Gasteiger partial charge in [-0.05, 0) is 84.8 Å². The number of aliphatic imine (C=N–C) groups is 1. The third kappa shape index (κ3) is 13.0. The van der Waals surface area contributed by atoms with Crippen LogP contribution in [-0.2, 0) is 53.3 Å². The van der Waals surface area contributed by atoms with Gasteiger partial charge in [0.25, 0.3) is 23.6 Å². The van der Waals surface area contributed by atoms with Crippen LogP contribution >= 0.6 is 0 Å². The number of anilines is 2. The number of aliphatic hydroxyl groups is 1. The van der Waals surface area contributed by atoms with Crippen molar-refractivity contribution in [3.63, 3.8) is 0 Å². The Hall–Kier alpha value is -9.84. The maximum absolute atomic E-state index is 14.4. The fraction of sp³-hybridized carbons (Fsp3) is 0.344. The second-order valence-corrected chi connectivity index (χ2v) is 21.3. The van der Waals surface area contributed by atoms with Crippen molar-refractivity contribution in [2.75, 3.05) is 51.2 Å². The van der Waals surface area contributed by atoms with Crippen molar-refractivity contribution in [3.8, 4) is 23.0 Å². The van der Waals surface area contributed by atoms with Gasteiger partial charge < -0.3 is 59.3 Å². The van der Waals surface area contributed by atoms with Crippen molar-refractivity contribution in [2.45, 2.75) is 90.2 Å². The van der Waals surface area contributed by atoms with Gasteiger partial charge in [-0.15, -0.1) is 0 Å². The van der Waals surface area contributed by atoms with Crippen LogP contribution in [0.4, 0.5) is 21.9 Å². The third-order valence-electron chi connectivity index (χ3n) is 14.9. The molecule has 85 heavy (non-hydrogen) atoms. The van der Waals surface area contributed by atoms with E-state index in [1.165, 1.54) is 45.3 Å². The van der Waals surface area contributed by atoms with E-state index in [0.717, 1.165) is 27.5 Å². The topological polar surface area (TPSA) is 291 Å². The fourth-order valence-electron chi connectivity index (χ4n) is 10.4. The number of imide groups is 1. The lowest BCUT2D eigenvalue weighted by Crippen LogP contribution is -2.54. The van der Waals surface area contributed by atoms with Gasteiger partial charge in [0.1, 0.15) is 31.9 Å². The smallest absolute Gasteiger partial charge is 0.416 e. The number of aliphatic hydroxyl groups excluding tert-OH is 1. The molecule has 5 aliphatic heterocycles. The Balaban J connectivity index is 0.871. The van der Waals surface area contributed by atoms with Crippen LogP contribution in [0.3, 0.4) is 0 Å². The predicted molar refractivity (Wildman–Crippen MR) is 306 cm³/mol. The number of nitrogens with zero attached hydrogens (tertiary/aromatic N) is 5. The van der Waals surface area contributed by atoms with Gasteiger partial charge in [-0.25, -0.2) is 14.5 Å². The monoisotopic (exact) mass is 1160 g/mol. The first-order chi connectivity index (χ1) is 40.6. The van der Waals surface area contributed by atoms with E-state index in [0.29, 0.717) is 57.9 Å². The van der Waals surface area contributed by atoms with Gasteiger partial charge in [0, 0.05) is 62.2 Å². The molecule has 8 amide bonds. The van der Waals surface area contributed by atoms with Gasteiger partial charge in [-0.1, -0.05) is 50.3 Å². The molecule has 2 unspecified atom stereocenters. The minimum absolute atomic E-state index is 0.00239. The maximum Gasteiger partial charge on any atom is 0.416 e. The number of carbonyl (C=O) groups is 9. The molecule has 24 heteroatoms. The van der Waals surface area contributed by atoms with Gasteiger partial charge in [-0.3, -0.25) is 43.5 Å². The third-order valence-corrected chi connectivity index (χ3v) is 14.9. The second-order valence-electron chi connectivity index (χ2n) is 21.3. The molecule has 4 N–H and O–H groups in total. The normalized spacial score (nSPS) is 18.4. The summed E-state index contributed by atoms with van der Waals surface area (Å²) in [7, 11) is 4.08. The Kier molecular flexibility index (Phi) is 17.8. The quantitative estimate of drug-likeness (QED) is 0.0497. The molecule has 4 aromatic rings. The molecule has 5 aliphatic rings. The molecule has 2 saturated heterocycles. The first-order valence-corrected chi connectivity index (χ1v) is 27.2. The molecule has 0 aliphatic carbocycles. The second kappa shape index (κ2) is 25.3.